The molecule has 0 saturated carbocycles. The van der Waals surface area contributed by atoms with Gasteiger partial charge in [-0.1, -0.05) is 29.8 Å². The molecule has 0 fully saturated rings. The maximum absolute atomic E-state index is 12.3. The van der Waals surface area contributed by atoms with E-state index in [-0.39, 0.29) is 16.4 Å². The molecule has 10 heteroatoms. The molecule has 2 aromatic carbocycles. The molecule has 10 nitrogen and oxygen atoms in total. The topological polar surface area (TPSA) is 145 Å². The van der Waals surface area contributed by atoms with Crippen LogP contribution < -0.4 is 10.7 Å². The fourth-order valence-electron chi connectivity index (χ4n) is 2.39. The molecule has 0 radical (unpaired) electrons. The highest BCUT2D eigenvalue weighted by atomic mass is 16.6. The van der Waals surface area contributed by atoms with Crippen molar-refractivity contribution < 1.29 is 19.4 Å². The van der Waals surface area contributed by atoms with Crippen LogP contribution in [0.3, 0.4) is 0 Å². The fourth-order valence-corrected chi connectivity index (χ4v) is 2.39. The zero-order valence-corrected chi connectivity index (χ0v) is 13.8. The molecule has 0 unspecified atom stereocenters. The van der Waals surface area contributed by atoms with Gasteiger partial charge in [0.25, 0.3) is 5.91 Å². The van der Waals surface area contributed by atoms with Gasteiger partial charge in [-0.15, -0.1) is 0 Å². The van der Waals surface area contributed by atoms with E-state index in [4.69, 9.17) is 0 Å². The summed E-state index contributed by atoms with van der Waals surface area (Å²) in [6.07, 6.45) is 0.979. The molecular formula is C17H10N4O6. The molecule has 0 bridgehead atoms. The number of hydrogen-bond acceptors (Lipinski definition) is 7. The molecule has 1 amide bonds. The van der Waals surface area contributed by atoms with Crippen LogP contribution in [0.5, 0.6) is 0 Å². The molecule has 0 atom stereocenters. The van der Waals surface area contributed by atoms with Gasteiger partial charge in [-0.2, -0.15) is 0 Å². The van der Waals surface area contributed by atoms with Crippen molar-refractivity contribution in [3.05, 3.63) is 90.2 Å². The predicted molar refractivity (Wildman–Crippen MR) is 90.7 cm³/mol. The third-order valence-electron chi connectivity index (χ3n) is 3.75. The zero-order valence-electron chi connectivity index (χ0n) is 13.8. The number of nitro groups is 2. The number of fused-ring (bicyclic) bond motifs is 1. The second-order valence-corrected chi connectivity index (χ2v) is 5.63. The molecule has 2 aromatic rings. The normalized spacial score (nSPS) is 14.1. The van der Waals surface area contributed by atoms with E-state index in [1.165, 1.54) is 0 Å². The summed E-state index contributed by atoms with van der Waals surface area (Å²) in [6, 6.07) is 8.30. The molecule has 1 aliphatic rings. The number of nitrogens with zero attached hydrogens (tertiary/aromatic N) is 4. The third-order valence-corrected chi connectivity index (χ3v) is 3.75. The summed E-state index contributed by atoms with van der Waals surface area (Å²) in [7, 11) is 0. The molecule has 3 rings (SSSR count). The molecular weight excluding hydrogens is 356 g/mol. The van der Waals surface area contributed by atoms with Crippen molar-refractivity contribution >= 4 is 23.1 Å². The van der Waals surface area contributed by atoms with Crippen LogP contribution in [0, 0.1) is 27.2 Å². The molecule has 0 aromatic heterocycles. The van der Waals surface area contributed by atoms with Crippen molar-refractivity contribution in [3.8, 4) is 0 Å². The molecule has 134 valence electrons. The van der Waals surface area contributed by atoms with Crippen LogP contribution in [-0.2, 0) is 4.79 Å². The minimum Gasteiger partial charge on any atom is -0.289 e. The van der Waals surface area contributed by atoms with E-state index < -0.39 is 32.9 Å². The number of hydrogen-bond donors (Lipinski definition) is 0. The fraction of sp³-hybridized carbons (Fsp3) is 0.0588. The molecule has 0 saturated heterocycles. The number of allylic oxidation sites excluding steroid dienone is 1. The van der Waals surface area contributed by atoms with Crippen molar-refractivity contribution in [2.24, 2.45) is 9.98 Å². The van der Waals surface area contributed by atoms with Crippen LogP contribution in [0.25, 0.3) is 0 Å². The summed E-state index contributed by atoms with van der Waals surface area (Å²) in [4.78, 5) is 52.1. The first kappa shape index (κ1) is 17.7. The van der Waals surface area contributed by atoms with E-state index >= 15 is 0 Å². The molecule has 0 spiro atoms. The van der Waals surface area contributed by atoms with Crippen LogP contribution in [0.4, 0.5) is 11.4 Å². The quantitative estimate of drug-likeness (QED) is 0.345. The Bertz CT molecular complexity index is 1170. The minimum atomic E-state index is -0.940. The van der Waals surface area contributed by atoms with Gasteiger partial charge in [0, 0.05) is 11.6 Å². The summed E-state index contributed by atoms with van der Waals surface area (Å²) in [5.41, 5.74) is -0.604. The molecule has 27 heavy (non-hydrogen) atoms. The van der Waals surface area contributed by atoms with Gasteiger partial charge in [0.2, 0.25) is 0 Å². The number of nitro benzene ring substituents is 2. The smallest absolute Gasteiger partial charge is 0.289 e. The van der Waals surface area contributed by atoms with Crippen molar-refractivity contribution in [2.45, 2.75) is 6.92 Å². The number of ketones is 1. The summed E-state index contributed by atoms with van der Waals surface area (Å²) in [5, 5.41) is 21.7. The first-order chi connectivity index (χ1) is 12.8. The Morgan fingerprint density at radius 3 is 2.00 bits per heavy atom. The first-order valence-corrected chi connectivity index (χ1v) is 7.53. The SMILES string of the molecule is Cc1ccc(C(=O)/C=C2/N=c3cc([N+](=O)[O-])c([N+](=O)[O-])cc3=NC2=O)cc1. The van der Waals surface area contributed by atoms with E-state index in [2.05, 4.69) is 9.98 Å². The number of carbonyl (C=O) groups is 2. The van der Waals surface area contributed by atoms with Gasteiger partial charge in [0.05, 0.1) is 27.3 Å². The van der Waals surface area contributed by atoms with E-state index in [0.29, 0.717) is 5.56 Å². The van der Waals surface area contributed by atoms with E-state index in [1.54, 1.807) is 24.3 Å². The van der Waals surface area contributed by atoms with E-state index in [1.807, 2.05) is 6.92 Å². The highest BCUT2D eigenvalue weighted by Gasteiger charge is 2.26. The Kier molecular flexibility index (Phi) is 4.38. The predicted octanol–water partition coefficient (Wildman–Crippen LogP) is 1.36. The van der Waals surface area contributed by atoms with Gasteiger partial charge in [-0.05, 0) is 6.92 Å². The zero-order chi connectivity index (χ0) is 19.7. The highest BCUT2D eigenvalue weighted by molar-refractivity contribution is 6.09. The van der Waals surface area contributed by atoms with Crippen molar-refractivity contribution in [2.75, 3.05) is 0 Å². The minimum absolute atomic E-state index is 0.102. The molecule has 0 aliphatic carbocycles. The van der Waals surface area contributed by atoms with Crippen molar-refractivity contribution in [1.29, 1.82) is 0 Å². The van der Waals surface area contributed by atoms with Crippen LogP contribution in [0.15, 0.2) is 58.2 Å². The largest absolute Gasteiger partial charge is 0.348 e. The second kappa shape index (κ2) is 6.67. The lowest BCUT2D eigenvalue weighted by Gasteiger charge is -2.03. The van der Waals surface area contributed by atoms with Gasteiger partial charge in [-0.25, -0.2) is 9.98 Å². The Hall–Kier alpha value is -4.08. The van der Waals surface area contributed by atoms with Crippen LogP contribution in [-0.4, -0.2) is 21.5 Å². The Labute approximate surface area is 150 Å². The summed E-state index contributed by atoms with van der Waals surface area (Å²) >= 11 is 0. The summed E-state index contributed by atoms with van der Waals surface area (Å²) < 4.78 is 0. The molecule has 1 heterocycles. The highest BCUT2D eigenvalue weighted by Crippen LogP contribution is 2.22. The number of aryl methyl sites for hydroxylation is 1. The van der Waals surface area contributed by atoms with Crippen molar-refractivity contribution in [1.82, 2.24) is 0 Å². The Balaban J connectivity index is 2.11. The maximum Gasteiger partial charge on any atom is 0.348 e. The first-order valence-electron chi connectivity index (χ1n) is 7.53. The Morgan fingerprint density at radius 1 is 0.963 bits per heavy atom. The monoisotopic (exact) mass is 366 g/mol. The average Bonchev–Trinajstić information content (AvgIpc) is 2.61. The lowest BCUT2D eigenvalue weighted by molar-refractivity contribution is -0.422. The van der Waals surface area contributed by atoms with Gasteiger partial charge in [-0.3, -0.25) is 29.8 Å². The second-order valence-electron chi connectivity index (χ2n) is 5.63. The maximum atomic E-state index is 12.3. The number of carbonyl (C=O) groups excluding carboxylic acids is 2. The van der Waals surface area contributed by atoms with Gasteiger partial charge in [0.1, 0.15) is 11.1 Å². The van der Waals surface area contributed by atoms with E-state index in [9.17, 15) is 29.8 Å². The standard InChI is InChI=1S/C17H10N4O6/c1-9-2-4-10(5-3-9)16(22)8-13-17(23)19-12-7-15(21(26)27)14(20(24)25)6-11(12)18-13/h2-8H,1H3/b13-8+. The number of benzene rings is 2. The van der Waals surface area contributed by atoms with Gasteiger partial charge in [0.15, 0.2) is 5.78 Å². The van der Waals surface area contributed by atoms with Gasteiger partial charge >= 0.3 is 11.4 Å². The third kappa shape index (κ3) is 3.49. The van der Waals surface area contributed by atoms with Crippen LogP contribution in [0.1, 0.15) is 15.9 Å². The van der Waals surface area contributed by atoms with Gasteiger partial charge < -0.3 is 0 Å². The summed E-state index contributed by atoms with van der Waals surface area (Å²) in [6.45, 7) is 1.86. The Morgan fingerprint density at radius 2 is 1.48 bits per heavy atom. The lowest BCUT2D eigenvalue weighted by Crippen LogP contribution is -2.32. The number of amides is 1. The molecule has 0 N–H and O–H groups in total. The van der Waals surface area contributed by atoms with Crippen LogP contribution >= 0.6 is 0 Å². The van der Waals surface area contributed by atoms with Crippen LogP contribution in [0.2, 0.25) is 0 Å². The van der Waals surface area contributed by atoms with Crippen molar-refractivity contribution in [3.63, 3.8) is 0 Å². The molecule has 1 aliphatic heterocycles. The average molecular weight is 366 g/mol. The number of rotatable bonds is 4. The lowest BCUT2D eigenvalue weighted by atomic mass is 10.1. The summed E-state index contributed by atoms with van der Waals surface area (Å²) in [5.74, 6) is -1.36. The van der Waals surface area contributed by atoms with E-state index in [0.717, 1.165) is 23.8 Å².